The van der Waals surface area contributed by atoms with Crippen molar-refractivity contribution in [3.8, 4) is 11.5 Å². The maximum absolute atomic E-state index is 12.6. The van der Waals surface area contributed by atoms with Crippen molar-refractivity contribution in [1.29, 1.82) is 0 Å². The van der Waals surface area contributed by atoms with Gasteiger partial charge in [-0.25, -0.2) is 4.79 Å². The number of nitrogens with one attached hydrogen (secondary N) is 1. The lowest BCUT2D eigenvalue weighted by molar-refractivity contribution is -0.121. The van der Waals surface area contributed by atoms with E-state index in [0.29, 0.717) is 24.3 Å². The fourth-order valence-corrected chi connectivity index (χ4v) is 5.00. The van der Waals surface area contributed by atoms with Crippen LogP contribution >= 0.6 is 0 Å². The molecule has 1 saturated heterocycles. The largest absolute Gasteiger partial charge is 0.504 e. The standard InChI is InChI=1S/C25H38N2O5/c1-4-25(5-2)12-8-20(9-13-25)32-24(30)27-14-10-19(11-15-27)26-23(29)17-18-6-7-21(28)22(16-18)31-3/h6-7,16,19-20,28H,4-5,8-15,17H2,1-3H3,(H,26,29). The van der Waals surface area contributed by atoms with Crippen molar-refractivity contribution >= 4 is 12.0 Å². The van der Waals surface area contributed by atoms with Gasteiger partial charge in [0.25, 0.3) is 0 Å². The molecule has 2 amide bonds. The number of rotatable bonds is 7. The summed E-state index contributed by atoms with van der Waals surface area (Å²) in [6, 6.07) is 4.97. The highest BCUT2D eigenvalue weighted by molar-refractivity contribution is 5.79. The molecular formula is C25H38N2O5. The first kappa shape index (κ1) is 24.2. The Morgan fingerprint density at radius 1 is 1.12 bits per heavy atom. The van der Waals surface area contributed by atoms with Crippen molar-refractivity contribution < 1.29 is 24.2 Å². The number of piperidine rings is 1. The van der Waals surface area contributed by atoms with Gasteiger partial charge in [0.05, 0.1) is 13.5 Å². The molecule has 1 aliphatic heterocycles. The fraction of sp³-hybridized carbons (Fsp3) is 0.680. The van der Waals surface area contributed by atoms with E-state index in [2.05, 4.69) is 19.2 Å². The van der Waals surface area contributed by atoms with Gasteiger partial charge in [0, 0.05) is 19.1 Å². The number of hydrogen-bond donors (Lipinski definition) is 2. The predicted octanol–water partition coefficient (Wildman–Crippen LogP) is 4.41. The van der Waals surface area contributed by atoms with Crippen molar-refractivity contribution in [3.05, 3.63) is 23.8 Å². The molecular weight excluding hydrogens is 408 g/mol. The maximum atomic E-state index is 12.6. The number of carbonyl (C=O) groups excluding carboxylic acids is 2. The van der Waals surface area contributed by atoms with Crippen LogP contribution in [0.4, 0.5) is 4.79 Å². The topological polar surface area (TPSA) is 88.1 Å². The van der Waals surface area contributed by atoms with Gasteiger partial charge < -0.3 is 24.8 Å². The number of ether oxygens (including phenoxy) is 2. The lowest BCUT2D eigenvalue weighted by Gasteiger charge is -2.39. The molecule has 2 fully saturated rings. The Kier molecular flexibility index (Phi) is 8.26. The summed E-state index contributed by atoms with van der Waals surface area (Å²) in [6.07, 6.45) is 8.08. The molecule has 1 saturated carbocycles. The summed E-state index contributed by atoms with van der Waals surface area (Å²) in [5.41, 5.74) is 1.21. The van der Waals surface area contributed by atoms with E-state index in [1.807, 2.05) is 0 Å². The number of carbonyl (C=O) groups is 2. The second-order valence-electron chi connectivity index (χ2n) is 9.30. The van der Waals surface area contributed by atoms with E-state index in [1.165, 1.54) is 26.0 Å². The number of likely N-dealkylation sites (tertiary alicyclic amines) is 1. The minimum absolute atomic E-state index is 0.0356. The highest BCUT2D eigenvalue weighted by Crippen LogP contribution is 2.42. The molecule has 2 aliphatic rings. The van der Waals surface area contributed by atoms with Crippen LogP contribution in [-0.2, 0) is 16.0 Å². The first-order valence-corrected chi connectivity index (χ1v) is 12.0. The molecule has 0 aromatic heterocycles. The van der Waals surface area contributed by atoms with E-state index in [4.69, 9.17) is 9.47 Å². The third kappa shape index (κ3) is 6.08. The molecule has 0 unspecified atom stereocenters. The fourth-order valence-electron chi connectivity index (χ4n) is 5.00. The summed E-state index contributed by atoms with van der Waals surface area (Å²) in [7, 11) is 1.48. The third-order valence-electron chi connectivity index (χ3n) is 7.49. The second kappa shape index (κ2) is 10.9. The quantitative estimate of drug-likeness (QED) is 0.648. The summed E-state index contributed by atoms with van der Waals surface area (Å²) in [4.78, 5) is 26.8. The van der Waals surface area contributed by atoms with E-state index in [1.54, 1.807) is 17.0 Å². The monoisotopic (exact) mass is 446 g/mol. The van der Waals surface area contributed by atoms with Crippen LogP contribution in [-0.4, -0.2) is 54.4 Å². The zero-order chi connectivity index (χ0) is 23.1. The molecule has 7 nitrogen and oxygen atoms in total. The van der Waals surface area contributed by atoms with E-state index >= 15 is 0 Å². The van der Waals surface area contributed by atoms with Crippen LogP contribution in [0.25, 0.3) is 0 Å². The van der Waals surface area contributed by atoms with Crippen LogP contribution < -0.4 is 10.1 Å². The number of methoxy groups -OCH3 is 1. The van der Waals surface area contributed by atoms with Gasteiger partial charge in [-0.2, -0.15) is 0 Å². The van der Waals surface area contributed by atoms with Gasteiger partial charge in [-0.3, -0.25) is 4.79 Å². The van der Waals surface area contributed by atoms with Gasteiger partial charge in [-0.15, -0.1) is 0 Å². The number of amides is 2. The maximum Gasteiger partial charge on any atom is 0.410 e. The number of aromatic hydroxyl groups is 1. The van der Waals surface area contributed by atoms with E-state index in [9.17, 15) is 14.7 Å². The Morgan fingerprint density at radius 3 is 2.38 bits per heavy atom. The molecule has 32 heavy (non-hydrogen) atoms. The summed E-state index contributed by atoms with van der Waals surface area (Å²) >= 11 is 0. The molecule has 1 aromatic rings. The number of benzene rings is 1. The number of phenolic OH excluding ortho intramolecular Hbond substituents is 1. The molecule has 1 aliphatic carbocycles. The minimum Gasteiger partial charge on any atom is -0.504 e. The highest BCUT2D eigenvalue weighted by Gasteiger charge is 2.34. The van der Waals surface area contributed by atoms with Crippen LogP contribution in [0.2, 0.25) is 0 Å². The van der Waals surface area contributed by atoms with E-state index in [0.717, 1.165) is 44.1 Å². The van der Waals surface area contributed by atoms with Crippen molar-refractivity contribution in [1.82, 2.24) is 10.2 Å². The number of nitrogens with zero attached hydrogens (tertiary/aromatic N) is 1. The number of phenols is 1. The summed E-state index contributed by atoms with van der Waals surface area (Å²) in [5, 5.41) is 12.7. The first-order valence-electron chi connectivity index (χ1n) is 12.0. The van der Waals surface area contributed by atoms with E-state index < -0.39 is 0 Å². The van der Waals surface area contributed by atoms with Gasteiger partial charge in [-0.05, 0) is 61.6 Å². The lowest BCUT2D eigenvalue weighted by Crippen LogP contribution is -2.47. The van der Waals surface area contributed by atoms with Gasteiger partial charge in [0.1, 0.15) is 6.10 Å². The molecule has 0 radical (unpaired) electrons. The Morgan fingerprint density at radius 2 is 1.78 bits per heavy atom. The van der Waals surface area contributed by atoms with Crippen LogP contribution in [0.5, 0.6) is 11.5 Å². The van der Waals surface area contributed by atoms with Crippen molar-refractivity contribution in [3.63, 3.8) is 0 Å². The Balaban J connectivity index is 1.39. The van der Waals surface area contributed by atoms with Crippen molar-refractivity contribution in [2.75, 3.05) is 20.2 Å². The molecule has 2 N–H and O–H groups in total. The van der Waals surface area contributed by atoms with Crippen molar-refractivity contribution in [2.45, 2.75) is 83.8 Å². The predicted molar refractivity (Wildman–Crippen MR) is 123 cm³/mol. The van der Waals surface area contributed by atoms with Gasteiger partial charge in [0.2, 0.25) is 5.91 Å². The average molecular weight is 447 g/mol. The smallest absolute Gasteiger partial charge is 0.410 e. The van der Waals surface area contributed by atoms with Gasteiger partial charge in [-0.1, -0.05) is 32.8 Å². The number of hydrogen-bond acceptors (Lipinski definition) is 5. The molecule has 0 atom stereocenters. The minimum atomic E-state index is -0.212. The second-order valence-corrected chi connectivity index (χ2v) is 9.30. The zero-order valence-electron chi connectivity index (χ0n) is 19.7. The average Bonchev–Trinajstić information content (AvgIpc) is 2.81. The lowest BCUT2D eigenvalue weighted by atomic mass is 9.70. The first-order chi connectivity index (χ1) is 15.4. The van der Waals surface area contributed by atoms with Crippen LogP contribution in [0.3, 0.4) is 0 Å². The van der Waals surface area contributed by atoms with Crippen molar-refractivity contribution in [2.24, 2.45) is 5.41 Å². The third-order valence-corrected chi connectivity index (χ3v) is 7.49. The molecule has 7 heteroatoms. The Labute approximate surface area is 191 Å². The molecule has 1 aromatic carbocycles. The summed E-state index contributed by atoms with van der Waals surface area (Å²) < 4.78 is 10.9. The highest BCUT2D eigenvalue weighted by atomic mass is 16.6. The van der Waals surface area contributed by atoms with Gasteiger partial charge >= 0.3 is 6.09 Å². The van der Waals surface area contributed by atoms with Gasteiger partial charge in [0.15, 0.2) is 11.5 Å². The molecule has 0 spiro atoms. The normalized spacial score (nSPS) is 19.4. The van der Waals surface area contributed by atoms with Crippen LogP contribution in [0.1, 0.15) is 70.8 Å². The Bertz CT molecular complexity index is 775. The SMILES string of the molecule is CCC1(CC)CCC(OC(=O)N2CCC(NC(=O)Cc3ccc(O)c(OC)c3)CC2)CC1. The zero-order valence-corrected chi connectivity index (χ0v) is 19.7. The van der Waals surface area contributed by atoms with E-state index in [-0.39, 0.29) is 36.3 Å². The molecule has 3 rings (SSSR count). The summed E-state index contributed by atoms with van der Waals surface area (Å²) in [5.74, 6) is 0.339. The van der Waals surface area contributed by atoms with Crippen LogP contribution in [0, 0.1) is 5.41 Å². The molecule has 178 valence electrons. The molecule has 0 bridgehead atoms. The Hall–Kier alpha value is -2.44. The summed E-state index contributed by atoms with van der Waals surface area (Å²) in [6.45, 7) is 5.72. The molecule has 1 heterocycles. The van der Waals surface area contributed by atoms with Crippen LogP contribution in [0.15, 0.2) is 18.2 Å².